The van der Waals surface area contributed by atoms with Gasteiger partial charge in [0.05, 0.1) is 5.75 Å². The minimum Gasteiger partial charge on any atom is -0.346 e. The van der Waals surface area contributed by atoms with Crippen LogP contribution in [0.2, 0.25) is 0 Å². The van der Waals surface area contributed by atoms with E-state index in [0.717, 1.165) is 23.9 Å². The summed E-state index contributed by atoms with van der Waals surface area (Å²) in [6, 6.07) is 7.86. The predicted molar refractivity (Wildman–Crippen MR) is 88.8 cm³/mol. The lowest BCUT2D eigenvalue weighted by atomic mass is 10.1. The van der Waals surface area contributed by atoms with Gasteiger partial charge in [-0.15, -0.1) is 10.2 Å². The van der Waals surface area contributed by atoms with Crippen molar-refractivity contribution in [3.05, 3.63) is 29.8 Å². The number of benzene rings is 1. The zero-order valence-corrected chi connectivity index (χ0v) is 14.3. The number of aryl methyl sites for hydroxylation is 1. The smallest absolute Gasteiger partial charge is 0.346 e. The molecule has 130 valence electrons. The number of halogens is 3. The van der Waals surface area contributed by atoms with E-state index < -0.39 is 18.6 Å². The van der Waals surface area contributed by atoms with Crippen LogP contribution in [0.5, 0.6) is 0 Å². The molecule has 2 aromatic rings. The minimum atomic E-state index is -4.41. The summed E-state index contributed by atoms with van der Waals surface area (Å²) >= 11 is 2.27. The molecule has 1 aromatic heterocycles. The van der Waals surface area contributed by atoms with Crippen molar-refractivity contribution < 1.29 is 18.0 Å². The molecular formula is C14H15F3N4OS2. The van der Waals surface area contributed by atoms with Crippen LogP contribution >= 0.6 is 23.1 Å². The molecule has 0 spiro atoms. The summed E-state index contributed by atoms with van der Waals surface area (Å²) in [5, 5.41) is 13.3. The van der Waals surface area contributed by atoms with Crippen LogP contribution in [0.3, 0.4) is 0 Å². The quantitative estimate of drug-likeness (QED) is 0.723. The van der Waals surface area contributed by atoms with E-state index in [2.05, 4.69) is 22.4 Å². The van der Waals surface area contributed by atoms with Crippen molar-refractivity contribution in [3.8, 4) is 0 Å². The molecule has 0 saturated carbocycles. The maximum atomic E-state index is 12.0. The Balaban J connectivity index is 1.81. The van der Waals surface area contributed by atoms with Crippen LogP contribution in [0.15, 0.2) is 28.6 Å². The molecule has 24 heavy (non-hydrogen) atoms. The second-order valence-electron chi connectivity index (χ2n) is 4.73. The molecule has 1 aromatic carbocycles. The Morgan fingerprint density at radius 2 is 1.96 bits per heavy atom. The summed E-state index contributed by atoms with van der Waals surface area (Å²) < 4.78 is 36.5. The van der Waals surface area contributed by atoms with Gasteiger partial charge in [-0.25, -0.2) is 0 Å². The highest BCUT2D eigenvalue weighted by Crippen LogP contribution is 2.27. The molecule has 0 fully saturated rings. The lowest BCUT2D eigenvalue weighted by molar-refractivity contribution is -0.136. The molecule has 0 aliphatic rings. The topological polar surface area (TPSA) is 66.9 Å². The first-order chi connectivity index (χ1) is 11.4. The predicted octanol–water partition coefficient (Wildman–Crippen LogP) is 3.61. The highest BCUT2D eigenvalue weighted by molar-refractivity contribution is 8.01. The normalized spacial score (nSPS) is 11.3. The third-order valence-corrected chi connectivity index (χ3v) is 4.80. The molecule has 10 heteroatoms. The lowest BCUT2D eigenvalue weighted by Gasteiger charge is -2.07. The van der Waals surface area contributed by atoms with E-state index >= 15 is 0 Å². The van der Waals surface area contributed by atoms with Gasteiger partial charge < -0.3 is 10.6 Å². The number of anilines is 2. The first kappa shape index (κ1) is 18.5. The van der Waals surface area contributed by atoms with E-state index in [-0.39, 0.29) is 5.75 Å². The zero-order chi connectivity index (χ0) is 17.6. The number of rotatable bonds is 7. The third kappa shape index (κ3) is 6.36. The van der Waals surface area contributed by atoms with Gasteiger partial charge in [-0.1, -0.05) is 42.2 Å². The Bertz CT molecular complexity index is 673. The fraction of sp³-hybridized carbons (Fsp3) is 0.357. The Morgan fingerprint density at radius 1 is 1.25 bits per heavy atom. The molecule has 0 aliphatic heterocycles. The Morgan fingerprint density at radius 3 is 2.58 bits per heavy atom. The summed E-state index contributed by atoms with van der Waals surface area (Å²) in [7, 11) is 0. The molecule has 0 aliphatic carbocycles. The van der Waals surface area contributed by atoms with E-state index in [1.165, 1.54) is 16.9 Å². The van der Waals surface area contributed by atoms with E-state index in [0.29, 0.717) is 9.47 Å². The Kier molecular flexibility index (Phi) is 6.44. The van der Waals surface area contributed by atoms with Gasteiger partial charge in [0, 0.05) is 5.69 Å². The van der Waals surface area contributed by atoms with Gasteiger partial charge in [-0.3, -0.25) is 4.79 Å². The van der Waals surface area contributed by atoms with Crippen LogP contribution in [0.1, 0.15) is 12.5 Å². The molecule has 1 heterocycles. The molecule has 2 rings (SSSR count). The van der Waals surface area contributed by atoms with Gasteiger partial charge in [0.2, 0.25) is 11.0 Å². The van der Waals surface area contributed by atoms with Crippen LogP contribution in [-0.2, 0) is 11.2 Å². The average Bonchev–Trinajstić information content (AvgIpc) is 2.98. The number of carbonyl (C=O) groups excluding carboxylic acids is 1. The Hall–Kier alpha value is -1.81. The summed E-state index contributed by atoms with van der Waals surface area (Å²) in [6.07, 6.45) is -3.45. The monoisotopic (exact) mass is 376 g/mol. The lowest BCUT2D eigenvalue weighted by Crippen LogP contribution is -2.34. The van der Waals surface area contributed by atoms with Crippen LogP contribution in [0.4, 0.5) is 24.0 Å². The summed E-state index contributed by atoms with van der Waals surface area (Å²) in [4.78, 5) is 11.3. The highest BCUT2D eigenvalue weighted by Gasteiger charge is 2.27. The fourth-order valence-electron chi connectivity index (χ4n) is 1.64. The molecule has 5 nitrogen and oxygen atoms in total. The maximum Gasteiger partial charge on any atom is 0.405 e. The SMILES string of the molecule is CCc1ccc(Nc2nnc(SCC(=O)NCC(F)(F)F)s2)cc1. The van der Waals surface area contributed by atoms with Crippen LogP contribution < -0.4 is 10.6 Å². The van der Waals surface area contributed by atoms with Gasteiger partial charge in [-0.2, -0.15) is 13.2 Å². The molecule has 0 saturated heterocycles. The van der Waals surface area contributed by atoms with Crippen LogP contribution in [0, 0.1) is 0 Å². The number of nitrogens with zero attached hydrogens (tertiary/aromatic N) is 2. The number of alkyl halides is 3. The molecular weight excluding hydrogens is 361 g/mol. The molecule has 0 bridgehead atoms. The minimum absolute atomic E-state index is 0.143. The molecule has 0 atom stereocenters. The van der Waals surface area contributed by atoms with E-state index in [1.54, 1.807) is 5.32 Å². The Labute approximate surface area is 145 Å². The molecule has 0 unspecified atom stereocenters. The van der Waals surface area contributed by atoms with Crippen molar-refractivity contribution in [2.45, 2.75) is 23.9 Å². The first-order valence-corrected chi connectivity index (χ1v) is 8.81. The number of aromatic nitrogens is 2. The van der Waals surface area contributed by atoms with E-state index in [4.69, 9.17) is 0 Å². The second-order valence-corrected chi connectivity index (χ2v) is 6.93. The number of hydrogen-bond acceptors (Lipinski definition) is 6. The summed E-state index contributed by atoms with van der Waals surface area (Å²) in [5.74, 6) is -0.840. The van der Waals surface area contributed by atoms with Crippen LogP contribution in [-0.4, -0.2) is 34.6 Å². The fourth-order valence-corrected chi connectivity index (χ4v) is 3.25. The van der Waals surface area contributed by atoms with Crippen molar-refractivity contribution in [3.63, 3.8) is 0 Å². The van der Waals surface area contributed by atoms with Gasteiger partial charge in [0.25, 0.3) is 0 Å². The largest absolute Gasteiger partial charge is 0.405 e. The van der Waals surface area contributed by atoms with E-state index in [1.807, 2.05) is 24.3 Å². The number of thioether (sulfide) groups is 1. The number of amides is 1. The summed E-state index contributed by atoms with van der Waals surface area (Å²) in [5.41, 5.74) is 2.08. The first-order valence-electron chi connectivity index (χ1n) is 7.01. The molecule has 0 radical (unpaired) electrons. The van der Waals surface area contributed by atoms with Crippen LogP contribution in [0.25, 0.3) is 0 Å². The number of nitrogens with one attached hydrogen (secondary N) is 2. The van der Waals surface area contributed by atoms with Crippen molar-refractivity contribution in [2.75, 3.05) is 17.6 Å². The zero-order valence-electron chi connectivity index (χ0n) is 12.7. The standard InChI is InChI=1S/C14H15F3N4OS2/c1-2-9-3-5-10(6-4-9)19-12-20-21-13(24-12)23-7-11(22)18-8-14(15,16)17/h3-6H,2,7-8H2,1H3,(H,18,22)(H,19,20). The van der Waals surface area contributed by atoms with Crippen molar-refractivity contribution in [2.24, 2.45) is 0 Å². The number of hydrogen-bond donors (Lipinski definition) is 2. The van der Waals surface area contributed by atoms with Gasteiger partial charge in [0.15, 0.2) is 4.34 Å². The number of carbonyl (C=O) groups is 1. The van der Waals surface area contributed by atoms with Crippen molar-refractivity contribution in [1.82, 2.24) is 15.5 Å². The van der Waals surface area contributed by atoms with Gasteiger partial charge in [0.1, 0.15) is 6.54 Å². The van der Waals surface area contributed by atoms with E-state index in [9.17, 15) is 18.0 Å². The van der Waals surface area contributed by atoms with Crippen molar-refractivity contribution in [1.29, 1.82) is 0 Å². The average molecular weight is 376 g/mol. The highest BCUT2D eigenvalue weighted by atomic mass is 32.2. The van der Waals surface area contributed by atoms with Gasteiger partial charge >= 0.3 is 6.18 Å². The second kappa shape index (κ2) is 8.34. The van der Waals surface area contributed by atoms with Gasteiger partial charge in [-0.05, 0) is 24.1 Å². The third-order valence-electron chi connectivity index (χ3n) is 2.83. The molecule has 1 amide bonds. The van der Waals surface area contributed by atoms with Crippen molar-refractivity contribution >= 4 is 39.8 Å². The maximum absolute atomic E-state index is 12.0. The summed E-state index contributed by atoms with van der Waals surface area (Å²) in [6.45, 7) is 0.741. The molecule has 2 N–H and O–H groups in total.